The molecule has 0 radical (unpaired) electrons. The highest BCUT2D eigenvalue weighted by molar-refractivity contribution is 5.97. The Morgan fingerprint density at radius 3 is 2.24 bits per heavy atom. The summed E-state index contributed by atoms with van der Waals surface area (Å²) in [6.45, 7) is 3.63. The molecule has 2 nitrogen and oxygen atoms in total. The number of ketones is 1. The van der Waals surface area contributed by atoms with E-state index in [9.17, 15) is 18.0 Å². The third-order valence-corrected chi connectivity index (χ3v) is 2.78. The van der Waals surface area contributed by atoms with Crippen molar-refractivity contribution in [3.05, 3.63) is 77.8 Å². The normalized spacial score (nSPS) is 10.2. The van der Waals surface area contributed by atoms with E-state index in [1.807, 2.05) is 0 Å². The quantitative estimate of drug-likeness (QED) is 0.832. The number of Topliss-reactive ketones (excluding diaryl/α,β-unsaturated/α-hetero) is 1. The van der Waals surface area contributed by atoms with Gasteiger partial charge in [0.15, 0.2) is 5.78 Å². The fourth-order valence-corrected chi connectivity index (χ4v) is 1.76. The predicted octanol–water partition coefficient (Wildman–Crippen LogP) is 4.30. The van der Waals surface area contributed by atoms with Crippen LogP contribution in [0, 0.1) is 17.5 Å². The minimum Gasteiger partial charge on any atom is -0.357 e. The summed E-state index contributed by atoms with van der Waals surface area (Å²) in [6.07, 6.45) is -0.0809. The lowest BCUT2D eigenvalue weighted by Crippen LogP contribution is -2.07. The van der Waals surface area contributed by atoms with Gasteiger partial charge in [0.1, 0.15) is 17.5 Å². The summed E-state index contributed by atoms with van der Waals surface area (Å²) in [6, 6.07) is 8.15. The molecule has 0 amide bonds. The number of carbonyl (C=O) groups excluding carboxylic acids is 1. The van der Waals surface area contributed by atoms with Crippen molar-refractivity contribution >= 4 is 11.5 Å². The highest BCUT2D eigenvalue weighted by Gasteiger charge is 2.10. The van der Waals surface area contributed by atoms with Crippen LogP contribution in [0.15, 0.2) is 54.7 Å². The molecular weight excluding hydrogens is 279 g/mol. The fourth-order valence-electron chi connectivity index (χ4n) is 1.76. The van der Waals surface area contributed by atoms with Gasteiger partial charge in [-0.15, -0.1) is 0 Å². The second kappa shape index (κ2) is 6.26. The molecule has 0 bridgehead atoms. The van der Waals surface area contributed by atoms with E-state index in [0.29, 0.717) is 5.56 Å². The van der Waals surface area contributed by atoms with Crippen molar-refractivity contribution in [2.24, 2.45) is 0 Å². The molecule has 0 aliphatic heterocycles. The van der Waals surface area contributed by atoms with Gasteiger partial charge in [-0.2, -0.15) is 0 Å². The van der Waals surface area contributed by atoms with E-state index in [4.69, 9.17) is 0 Å². The smallest absolute Gasteiger partial charge is 0.168 e. The van der Waals surface area contributed by atoms with Crippen LogP contribution in [0.2, 0.25) is 0 Å². The molecule has 2 aromatic rings. The average Bonchev–Trinajstić information content (AvgIpc) is 2.42. The molecule has 0 fully saturated rings. The summed E-state index contributed by atoms with van der Waals surface area (Å²) in [5.74, 6) is -2.18. The summed E-state index contributed by atoms with van der Waals surface area (Å²) in [4.78, 5) is 11.9. The molecule has 2 rings (SSSR count). The summed E-state index contributed by atoms with van der Waals surface area (Å²) >= 11 is 0. The van der Waals surface area contributed by atoms with Crippen LogP contribution in [0.25, 0.3) is 0 Å². The maximum atomic E-state index is 13.4. The molecule has 0 atom stereocenters. The van der Waals surface area contributed by atoms with E-state index in [2.05, 4.69) is 11.9 Å². The van der Waals surface area contributed by atoms with Crippen molar-refractivity contribution in [2.75, 3.05) is 5.32 Å². The Kier molecular flexibility index (Phi) is 4.42. The number of allylic oxidation sites excluding steroid dienone is 1. The van der Waals surface area contributed by atoms with Gasteiger partial charge in [-0.25, -0.2) is 13.2 Å². The second-order valence-corrected chi connectivity index (χ2v) is 4.46. The highest BCUT2D eigenvalue weighted by atomic mass is 19.1. The average molecular weight is 291 g/mol. The van der Waals surface area contributed by atoms with Crippen molar-refractivity contribution in [1.82, 2.24) is 0 Å². The molecule has 21 heavy (non-hydrogen) atoms. The van der Waals surface area contributed by atoms with Gasteiger partial charge in [-0.3, -0.25) is 4.79 Å². The maximum absolute atomic E-state index is 13.4. The molecule has 0 saturated heterocycles. The first kappa shape index (κ1) is 14.8. The Bertz CT molecular complexity index is 680. The molecular formula is C16H12F3NO. The Morgan fingerprint density at radius 1 is 1.00 bits per heavy atom. The number of halogens is 3. The lowest BCUT2D eigenvalue weighted by molar-refractivity contribution is 0.0993. The molecule has 0 aliphatic rings. The number of carbonyl (C=O) groups is 1. The van der Waals surface area contributed by atoms with Crippen molar-refractivity contribution in [3.63, 3.8) is 0 Å². The van der Waals surface area contributed by atoms with Crippen LogP contribution >= 0.6 is 0 Å². The third kappa shape index (κ3) is 3.95. The van der Waals surface area contributed by atoms with E-state index in [1.165, 1.54) is 30.3 Å². The number of hydrogen-bond acceptors (Lipinski definition) is 2. The Hall–Kier alpha value is -2.56. The molecule has 1 N–H and O–H groups in total. The van der Waals surface area contributed by atoms with E-state index in [0.717, 1.165) is 12.1 Å². The standard InChI is InChI=1S/C16H12F3NO/c1-10(20-15-7-6-13(18)9-14(15)19)8-16(21)11-2-4-12(17)5-3-11/h2-7,9,20H,1,8H2. The van der Waals surface area contributed by atoms with Crippen LogP contribution in [-0.4, -0.2) is 5.78 Å². The molecule has 0 spiro atoms. The summed E-state index contributed by atoms with van der Waals surface area (Å²) < 4.78 is 39.0. The molecule has 0 saturated carbocycles. The zero-order chi connectivity index (χ0) is 15.4. The highest BCUT2D eigenvalue weighted by Crippen LogP contribution is 2.18. The van der Waals surface area contributed by atoms with Crippen LogP contribution in [0.5, 0.6) is 0 Å². The van der Waals surface area contributed by atoms with Crippen molar-refractivity contribution in [2.45, 2.75) is 6.42 Å². The van der Waals surface area contributed by atoms with Crippen LogP contribution < -0.4 is 5.32 Å². The first-order chi connectivity index (χ1) is 9.95. The third-order valence-electron chi connectivity index (χ3n) is 2.78. The minimum atomic E-state index is -0.773. The number of rotatable bonds is 5. The monoisotopic (exact) mass is 291 g/mol. The lowest BCUT2D eigenvalue weighted by atomic mass is 10.1. The summed E-state index contributed by atoms with van der Waals surface area (Å²) in [7, 11) is 0. The minimum absolute atomic E-state index is 0.0355. The van der Waals surface area contributed by atoms with Crippen LogP contribution in [-0.2, 0) is 0 Å². The molecule has 0 heterocycles. The lowest BCUT2D eigenvalue weighted by Gasteiger charge is -2.10. The summed E-state index contributed by atoms with van der Waals surface area (Å²) in [5, 5.41) is 2.62. The molecule has 0 aliphatic carbocycles. The van der Waals surface area contributed by atoms with Crippen molar-refractivity contribution in [1.29, 1.82) is 0 Å². The topological polar surface area (TPSA) is 29.1 Å². The number of benzene rings is 2. The first-order valence-corrected chi connectivity index (χ1v) is 6.14. The van der Waals surface area contributed by atoms with Gasteiger partial charge in [0.05, 0.1) is 12.1 Å². The summed E-state index contributed by atoms with van der Waals surface area (Å²) in [5.41, 5.74) is 0.627. The number of hydrogen-bond donors (Lipinski definition) is 1. The number of nitrogens with one attached hydrogen (secondary N) is 1. The second-order valence-electron chi connectivity index (χ2n) is 4.46. The molecule has 108 valence electrons. The van der Waals surface area contributed by atoms with E-state index < -0.39 is 17.5 Å². The van der Waals surface area contributed by atoms with Crippen molar-refractivity contribution < 1.29 is 18.0 Å². The Labute approximate surface area is 119 Å². The van der Waals surface area contributed by atoms with E-state index >= 15 is 0 Å². The zero-order valence-electron chi connectivity index (χ0n) is 11.0. The van der Waals surface area contributed by atoms with Gasteiger partial charge >= 0.3 is 0 Å². The molecule has 0 aromatic heterocycles. The van der Waals surface area contributed by atoms with Crippen LogP contribution in [0.1, 0.15) is 16.8 Å². The van der Waals surface area contributed by atoms with Gasteiger partial charge < -0.3 is 5.32 Å². The van der Waals surface area contributed by atoms with E-state index in [1.54, 1.807) is 0 Å². The van der Waals surface area contributed by atoms with Gasteiger partial charge in [0, 0.05) is 17.3 Å². The molecule has 0 unspecified atom stereocenters. The maximum Gasteiger partial charge on any atom is 0.168 e. The van der Waals surface area contributed by atoms with Crippen molar-refractivity contribution in [3.8, 4) is 0 Å². The Balaban J connectivity index is 2.01. The number of anilines is 1. The molecule has 5 heteroatoms. The van der Waals surface area contributed by atoms with Gasteiger partial charge in [0.2, 0.25) is 0 Å². The largest absolute Gasteiger partial charge is 0.357 e. The zero-order valence-corrected chi connectivity index (χ0v) is 11.0. The van der Waals surface area contributed by atoms with Gasteiger partial charge in [-0.05, 0) is 36.4 Å². The van der Waals surface area contributed by atoms with Crippen LogP contribution in [0.4, 0.5) is 18.9 Å². The first-order valence-electron chi connectivity index (χ1n) is 6.14. The SMILES string of the molecule is C=C(CC(=O)c1ccc(F)cc1)Nc1ccc(F)cc1F. The molecule has 2 aromatic carbocycles. The fraction of sp³-hybridized carbons (Fsp3) is 0.0625. The predicted molar refractivity (Wildman–Crippen MR) is 74.5 cm³/mol. The van der Waals surface area contributed by atoms with Crippen LogP contribution in [0.3, 0.4) is 0 Å². The van der Waals surface area contributed by atoms with E-state index in [-0.39, 0.29) is 23.6 Å². The van der Waals surface area contributed by atoms with Gasteiger partial charge in [0.25, 0.3) is 0 Å². The van der Waals surface area contributed by atoms with Gasteiger partial charge in [-0.1, -0.05) is 6.58 Å². The Morgan fingerprint density at radius 2 is 1.62 bits per heavy atom.